The van der Waals surface area contributed by atoms with E-state index in [1.165, 1.54) is 19.3 Å². The van der Waals surface area contributed by atoms with Crippen LogP contribution < -0.4 is 4.74 Å². The average Bonchev–Trinajstić information content (AvgIpc) is 2.83. The normalized spacial score (nSPS) is 15.0. The first-order chi connectivity index (χ1) is 16.1. The lowest BCUT2D eigenvalue weighted by atomic mass is 9.92. The molecule has 5 heteroatoms. The fraction of sp³-hybridized carbons (Fsp3) is 0.357. The van der Waals surface area contributed by atoms with Gasteiger partial charge in [0.1, 0.15) is 5.75 Å². The van der Waals surface area contributed by atoms with E-state index < -0.39 is 5.97 Å². The summed E-state index contributed by atoms with van der Waals surface area (Å²) in [5.74, 6) is -0.0206. The first-order valence-electron chi connectivity index (χ1n) is 11.9. The molecule has 1 aliphatic heterocycles. The van der Waals surface area contributed by atoms with Crippen LogP contribution in [-0.2, 0) is 6.54 Å². The number of aromatic nitrogens is 1. The van der Waals surface area contributed by atoms with Gasteiger partial charge in [-0.15, -0.1) is 0 Å². The van der Waals surface area contributed by atoms with E-state index in [1.54, 1.807) is 0 Å². The van der Waals surface area contributed by atoms with Crippen molar-refractivity contribution in [3.05, 3.63) is 70.9 Å². The molecule has 3 aromatic rings. The predicted molar refractivity (Wildman–Crippen MR) is 134 cm³/mol. The van der Waals surface area contributed by atoms with Crippen LogP contribution in [0.15, 0.2) is 48.5 Å². The lowest BCUT2D eigenvalue weighted by Crippen LogP contribution is -2.31. The maximum absolute atomic E-state index is 12.2. The van der Waals surface area contributed by atoms with Crippen molar-refractivity contribution in [1.29, 1.82) is 0 Å². The molecular weight excluding hydrogens is 412 g/mol. The summed E-state index contributed by atoms with van der Waals surface area (Å²) in [7, 11) is 0. The van der Waals surface area contributed by atoms with E-state index in [4.69, 9.17) is 9.72 Å². The zero-order valence-electron chi connectivity index (χ0n) is 19.5. The van der Waals surface area contributed by atoms with Gasteiger partial charge in [-0.25, -0.2) is 9.78 Å². The van der Waals surface area contributed by atoms with Crippen molar-refractivity contribution in [3.8, 4) is 5.75 Å². The van der Waals surface area contributed by atoms with Gasteiger partial charge < -0.3 is 9.84 Å². The third-order valence-electron chi connectivity index (χ3n) is 6.22. The summed E-state index contributed by atoms with van der Waals surface area (Å²) in [5, 5.41) is 10.7. The van der Waals surface area contributed by atoms with Gasteiger partial charge in [0.15, 0.2) is 0 Å². The number of carbonyl (C=O) groups is 1. The lowest BCUT2D eigenvalue weighted by Gasteiger charge is -2.30. The largest absolute Gasteiger partial charge is 0.494 e. The Morgan fingerprint density at radius 2 is 1.85 bits per heavy atom. The number of carboxylic acid groups (broad SMARTS) is 1. The number of nitrogens with zero attached hydrogens (tertiary/aromatic N) is 2. The van der Waals surface area contributed by atoms with Crippen LogP contribution in [0.2, 0.25) is 0 Å². The smallest absolute Gasteiger partial charge is 0.336 e. The summed E-state index contributed by atoms with van der Waals surface area (Å²) in [6, 6.07) is 15.6. The highest BCUT2D eigenvalue weighted by Gasteiger charge is 2.27. The SMILES string of the molecule is CCCCCCOc1ccc(C=C2CN(CC)Cc3c2nc2ccccc2c3C(=O)O)cc1. The van der Waals surface area contributed by atoms with Crippen molar-refractivity contribution in [1.82, 2.24) is 9.88 Å². The Balaban J connectivity index is 1.66. The molecule has 1 aliphatic rings. The number of likely N-dealkylation sites (N-methyl/N-ethyl adjacent to an activating group) is 1. The van der Waals surface area contributed by atoms with Crippen molar-refractivity contribution in [2.24, 2.45) is 0 Å². The minimum absolute atomic E-state index is 0.367. The maximum Gasteiger partial charge on any atom is 0.336 e. The molecule has 1 N–H and O–H groups in total. The van der Waals surface area contributed by atoms with E-state index in [2.05, 4.69) is 37.0 Å². The Hall–Kier alpha value is -3.18. The van der Waals surface area contributed by atoms with Crippen LogP contribution in [-0.4, -0.2) is 40.7 Å². The molecule has 0 aliphatic carbocycles. The van der Waals surface area contributed by atoms with Gasteiger partial charge in [-0.05, 0) is 48.4 Å². The molecule has 0 bridgehead atoms. The van der Waals surface area contributed by atoms with Crippen molar-refractivity contribution >= 4 is 28.5 Å². The predicted octanol–water partition coefficient (Wildman–Crippen LogP) is 6.27. The second-order valence-corrected chi connectivity index (χ2v) is 8.59. The summed E-state index contributed by atoms with van der Waals surface area (Å²) in [5.41, 5.74) is 4.78. The van der Waals surface area contributed by atoms with Crippen molar-refractivity contribution < 1.29 is 14.6 Å². The lowest BCUT2D eigenvalue weighted by molar-refractivity contribution is 0.0696. The number of hydrogen-bond acceptors (Lipinski definition) is 4. The molecule has 0 atom stereocenters. The van der Waals surface area contributed by atoms with Crippen molar-refractivity contribution in [2.75, 3.05) is 19.7 Å². The van der Waals surface area contributed by atoms with Gasteiger partial charge in [-0.3, -0.25) is 4.90 Å². The third kappa shape index (κ3) is 5.25. The van der Waals surface area contributed by atoms with Crippen molar-refractivity contribution in [2.45, 2.75) is 46.1 Å². The molecule has 1 aromatic heterocycles. The number of aromatic carboxylic acids is 1. The van der Waals surface area contributed by atoms with E-state index in [1.807, 2.05) is 36.4 Å². The Morgan fingerprint density at radius 3 is 2.58 bits per heavy atom. The summed E-state index contributed by atoms with van der Waals surface area (Å²) in [6.45, 7) is 7.22. The van der Waals surface area contributed by atoms with Crippen LogP contribution in [0, 0.1) is 0 Å². The number of pyridine rings is 1. The number of rotatable bonds is 9. The van der Waals surface area contributed by atoms with Gasteiger partial charge in [-0.2, -0.15) is 0 Å². The molecule has 0 amide bonds. The third-order valence-corrected chi connectivity index (χ3v) is 6.22. The van der Waals surface area contributed by atoms with E-state index in [0.29, 0.717) is 17.5 Å². The molecule has 2 heterocycles. The summed E-state index contributed by atoms with van der Waals surface area (Å²) >= 11 is 0. The molecule has 5 nitrogen and oxygen atoms in total. The molecule has 33 heavy (non-hydrogen) atoms. The minimum Gasteiger partial charge on any atom is -0.494 e. The van der Waals surface area contributed by atoms with Gasteiger partial charge in [0.05, 0.1) is 23.4 Å². The Labute approximate surface area is 195 Å². The first kappa shape index (κ1) is 23.0. The number of carboxylic acids is 1. The number of hydrogen-bond donors (Lipinski definition) is 1. The van der Waals surface area contributed by atoms with E-state index >= 15 is 0 Å². The van der Waals surface area contributed by atoms with Gasteiger partial charge in [0.25, 0.3) is 0 Å². The highest BCUT2D eigenvalue weighted by atomic mass is 16.5. The van der Waals surface area contributed by atoms with Crippen LogP contribution in [0.3, 0.4) is 0 Å². The Kier molecular flexibility index (Phi) is 7.40. The number of benzene rings is 2. The summed E-state index contributed by atoms with van der Waals surface area (Å²) in [6.07, 6.45) is 6.88. The second-order valence-electron chi connectivity index (χ2n) is 8.59. The Bertz CT molecular complexity index is 1150. The standard InChI is InChI=1S/C28H32N2O3/c1-3-5-6-9-16-33-22-14-12-20(13-15-22)17-21-18-30(4-2)19-24-26(28(31)32)23-10-7-8-11-25(23)29-27(21)24/h7-8,10-15,17H,3-6,9,16,18-19H2,1-2H3,(H,31,32). The minimum atomic E-state index is -0.900. The number of unbranched alkanes of at least 4 members (excludes halogenated alkanes) is 3. The molecular formula is C28H32N2O3. The van der Waals surface area contributed by atoms with Gasteiger partial charge in [0.2, 0.25) is 0 Å². The van der Waals surface area contributed by atoms with Gasteiger partial charge in [0, 0.05) is 24.0 Å². The fourth-order valence-corrected chi connectivity index (χ4v) is 4.43. The van der Waals surface area contributed by atoms with E-state index in [9.17, 15) is 9.90 Å². The molecule has 0 saturated heterocycles. The number of fused-ring (bicyclic) bond motifs is 2. The molecule has 172 valence electrons. The summed E-state index contributed by atoms with van der Waals surface area (Å²) < 4.78 is 5.87. The van der Waals surface area contributed by atoms with Gasteiger partial charge >= 0.3 is 5.97 Å². The molecule has 0 radical (unpaired) electrons. The highest BCUT2D eigenvalue weighted by Crippen LogP contribution is 2.34. The van der Waals surface area contributed by atoms with Crippen LogP contribution in [0.1, 0.15) is 66.7 Å². The maximum atomic E-state index is 12.2. The van der Waals surface area contributed by atoms with Crippen LogP contribution >= 0.6 is 0 Å². The zero-order chi connectivity index (χ0) is 23.2. The van der Waals surface area contributed by atoms with Crippen molar-refractivity contribution in [3.63, 3.8) is 0 Å². The van der Waals surface area contributed by atoms with Crippen LogP contribution in [0.4, 0.5) is 0 Å². The molecule has 0 fully saturated rings. The number of para-hydroxylation sites is 1. The fourth-order valence-electron chi connectivity index (χ4n) is 4.43. The summed E-state index contributed by atoms with van der Waals surface area (Å²) in [4.78, 5) is 19.4. The molecule has 0 unspecified atom stereocenters. The highest BCUT2D eigenvalue weighted by molar-refractivity contribution is 6.06. The molecule has 0 spiro atoms. The van der Waals surface area contributed by atoms with Crippen LogP contribution in [0.25, 0.3) is 22.6 Å². The van der Waals surface area contributed by atoms with Gasteiger partial charge in [-0.1, -0.05) is 63.4 Å². The first-order valence-corrected chi connectivity index (χ1v) is 11.9. The number of ether oxygens (including phenoxy) is 1. The zero-order valence-corrected chi connectivity index (χ0v) is 19.5. The van der Waals surface area contributed by atoms with E-state index in [0.717, 1.165) is 59.8 Å². The van der Waals surface area contributed by atoms with E-state index in [-0.39, 0.29) is 0 Å². The molecule has 2 aromatic carbocycles. The monoisotopic (exact) mass is 444 g/mol. The second kappa shape index (κ2) is 10.6. The molecule has 4 rings (SSSR count). The van der Waals surface area contributed by atoms with Crippen LogP contribution in [0.5, 0.6) is 5.75 Å². The average molecular weight is 445 g/mol. The Morgan fingerprint density at radius 1 is 1.06 bits per heavy atom. The quantitative estimate of drug-likeness (QED) is 0.394. The molecule has 0 saturated carbocycles. The topological polar surface area (TPSA) is 62.7 Å².